The Morgan fingerprint density at radius 3 is 2.64 bits per heavy atom. The van der Waals surface area contributed by atoms with Crippen LogP contribution in [0.4, 0.5) is 4.79 Å². The Hall–Kier alpha value is -1.82. The molecule has 5 nitrogen and oxygen atoms in total. The molecule has 2 aromatic rings. The molecule has 0 unspecified atom stereocenters. The van der Waals surface area contributed by atoms with Gasteiger partial charge in [0.2, 0.25) is 0 Å². The van der Waals surface area contributed by atoms with Crippen molar-refractivity contribution in [1.29, 1.82) is 0 Å². The van der Waals surface area contributed by atoms with Crippen LogP contribution in [0.15, 0.2) is 15.9 Å². The summed E-state index contributed by atoms with van der Waals surface area (Å²) < 4.78 is 5.50. The molecule has 0 fully saturated rings. The van der Waals surface area contributed by atoms with Gasteiger partial charge < -0.3 is 15.1 Å². The SMILES string of the molecule is Cc1csc([C@H](C)CNC(=O)N[C@@H](C)c2cc(C)oc2C)n1. The lowest BCUT2D eigenvalue weighted by molar-refractivity contribution is 0.237. The molecule has 120 valence electrons. The van der Waals surface area contributed by atoms with Crippen LogP contribution in [0.5, 0.6) is 0 Å². The Morgan fingerprint density at radius 1 is 1.36 bits per heavy atom. The van der Waals surface area contributed by atoms with Crippen LogP contribution in [0.25, 0.3) is 0 Å². The molecule has 0 saturated carbocycles. The van der Waals surface area contributed by atoms with Gasteiger partial charge in [-0.1, -0.05) is 6.92 Å². The summed E-state index contributed by atoms with van der Waals surface area (Å²) in [5.41, 5.74) is 2.03. The summed E-state index contributed by atoms with van der Waals surface area (Å²) in [6.45, 7) is 10.4. The lowest BCUT2D eigenvalue weighted by Gasteiger charge is -2.15. The molecule has 0 aliphatic rings. The molecule has 6 heteroatoms. The van der Waals surface area contributed by atoms with Crippen molar-refractivity contribution in [2.24, 2.45) is 0 Å². The zero-order valence-electron chi connectivity index (χ0n) is 13.7. The molecule has 0 aliphatic heterocycles. The number of carbonyl (C=O) groups excluding carboxylic acids is 1. The molecule has 22 heavy (non-hydrogen) atoms. The number of amides is 2. The van der Waals surface area contributed by atoms with Crippen molar-refractivity contribution >= 4 is 17.4 Å². The maximum Gasteiger partial charge on any atom is 0.315 e. The minimum absolute atomic E-state index is 0.0881. The topological polar surface area (TPSA) is 67.2 Å². The highest BCUT2D eigenvalue weighted by Gasteiger charge is 2.16. The highest BCUT2D eigenvalue weighted by Crippen LogP contribution is 2.21. The summed E-state index contributed by atoms with van der Waals surface area (Å²) in [4.78, 5) is 16.5. The summed E-state index contributed by atoms with van der Waals surface area (Å²) in [7, 11) is 0. The number of hydrogen-bond acceptors (Lipinski definition) is 4. The third-order valence-electron chi connectivity index (χ3n) is 3.52. The Kier molecular flexibility index (Phi) is 5.24. The van der Waals surface area contributed by atoms with Crippen molar-refractivity contribution in [2.45, 2.75) is 46.6 Å². The highest BCUT2D eigenvalue weighted by molar-refractivity contribution is 7.09. The summed E-state index contributed by atoms with van der Waals surface area (Å²) in [6, 6.07) is 1.70. The van der Waals surface area contributed by atoms with Crippen LogP contribution < -0.4 is 10.6 Å². The van der Waals surface area contributed by atoms with Gasteiger partial charge in [-0.2, -0.15) is 0 Å². The molecule has 2 aromatic heterocycles. The van der Waals surface area contributed by atoms with Gasteiger partial charge in [0.25, 0.3) is 0 Å². The van der Waals surface area contributed by atoms with Gasteiger partial charge in [0.15, 0.2) is 0 Å². The van der Waals surface area contributed by atoms with Gasteiger partial charge in [-0.15, -0.1) is 11.3 Å². The molecule has 0 aromatic carbocycles. The Bertz CT molecular complexity index is 648. The van der Waals surface area contributed by atoms with E-state index in [9.17, 15) is 4.79 Å². The minimum atomic E-state index is -0.175. The van der Waals surface area contributed by atoms with Crippen LogP contribution in [0, 0.1) is 20.8 Å². The second-order valence-electron chi connectivity index (χ2n) is 5.67. The third-order valence-corrected chi connectivity index (χ3v) is 4.71. The molecule has 0 bridgehead atoms. The second kappa shape index (κ2) is 6.96. The van der Waals surface area contributed by atoms with Crippen LogP contribution in [-0.4, -0.2) is 17.6 Å². The summed E-state index contributed by atoms with van der Waals surface area (Å²) >= 11 is 1.63. The summed E-state index contributed by atoms with van der Waals surface area (Å²) in [5, 5.41) is 8.91. The van der Waals surface area contributed by atoms with Crippen molar-refractivity contribution < 1.29 is 9.21 Å². The molecule has 2 heterocycles. The van der Waals surface area contributed by atoms with E-state index in [2.05, 4.69) is 22.5 Å². The zero-order valence-corrected chi connectivity index (χ0v) is 14.5. The number of aromatic nitrogens is 1. The van der Waals surface area contributed by atoms with E-state index in [1.807, 2.05) is 39.1 Å². The number of nitrogens with one attached hydrogen (secondary N) is 2. The lowest BCUT2D eigenvalue weighted by atomic mass is 10.1. The van der Waals surface area contributed by atoms with Crippen LogP contribution >= 0.6 is 11.3 Å². The van der Waals surface area contributed by atoms with Crippen molar-refractivity contribution in [1.82, 2.24) is 15.6 Å². The number of furan rings is 1. The van der Waals surface area contributed by atoms with Crippen molar-refractivity contribution in [3.8, 4) is 0 Å². The van der Waals surface area contributed by atoms with E-state index in [1.165, 1.54) is 0 Å². The first kappa shape index (κ1) is 16.5. The van der Waals surface area contributed by atoms with Gasteiger partial charge in [-0.25, -0.2) is 9.78 Å². The smallest absolute Gasteiger partial charge is 0.315 e. The minimum Gasteiger partial charge on any atom is -0.466 e. The van der Waals surface area contributed by atoms with E-state index in [4.69, 9.17) is 4.42 Å². The van der Waals surface area contributed by atoms with Gasteiger partial charge in [0, 0.05) is 29.1 Å². The number of rotatable bonds is 5. The van der Waals surface area contributed by atoms with Crippen LogP contribution in [0.3, 0.4) is 0 Å². The first-order valence-electron chi connectivity index (χ1n) is 7.40. The zero-order chi connectivity index (χ0) is 16.3. The quantitative estimate of drug-likeness (QED) is 0.879. The van der Waals surface area contributed by atoms with Gasteiger partial charge in [0.05, 0.1) is 11.0 Å². The maximum atomic E-state index is 12.0. The molecule has 0 saturated heterocycles. The Balaban J connectivity index is 1.84. The monoisotopic (exact) mass is 321 g/mol. The average molecular weight is 321 g/mol. The van der Waals surface area contributed by atoms with Crippen molar-refractivity contribution in [3.05, 3.63) is 39.2 Å². The fraction of sp³-hybridized carbons (Fsp3) is 0.500. The highest BCUT2D eigenvalue weighted by atomic mass is 32.1. The normalized spacial score (nSPS) is 13.7. The van der Waals surface area contributed by atoms with E-state index in [-0.39, 0.29) is 18.0 Å². The standard InChI is InChI=1S/C16H23N3O2S/c1-9(15-18-10(2)8-22-15)7-17-16(20)19-12(4)14-6-11(3)21-13(14)5/h6,8-9,12H,7H2,1-5H3,(H2,17,19,20)/t9-,12+/m1/s1. The average Bonchev–Trinajstić information content (AvgIpc) is 3.01. The molecule has 2 N–H and O–H groups in total. The Morgan fingerprint density at radius 2 is 2.09 bits per heavy atom. The van der Waals surface area contributed by atoms with Crippen LogP contribution in [0.2, 0.25) is 0 Å². The van der Waals surface area contributed by atoms with Crippen molar-refractivity contribution in [2.75, 3.05) is 6.54 Å². The first-order chi connectivity index (χ1) is 10.4. The predicted molar refractivity (Wildman–Crippen MR) is 88.4 cm³/mol. The molecule has 0 spiro atoms. The van der Waals surface area contributed by atoms with Gasteiger partial charge >= 0.3 is 6.03 Å². The van der Waals surface area contributed by atoms with Gasteiger partial charge in [0.1, 0.15) is 11.5 Å². The summed E-state index contributed by atoms with van der Waals surface area (Å²) in [5.74, 6) is 1.91. The van der Waals surface area contributed by atoms with E-state index in [0.717, 1.165) is 27.8 Å². The molecule has 0 radical (unpaired) electrons. The van der Waals surface area contributed by atoms with Crippen LogP contribution in [-0.2, 0) is 0 Å². The lowest BCUT2D eigenvalue weighted by Crippen LogP contribution is -2.38. The number of aryl methyl sites for hydroxylation is 3. The largest absolute Gasteiger partial charge is 0.466 e. The van der Waals surface area contributed by atoms with E-state index < -0.39 is 0 Å². The van der Waals surface area contributed by atoms with Gasteiger partial charge in [-0.05, 0) is 33.8 Å². The van der Waals surface area contributed by atoms with E-state index in [0.29, 0.717) is 6.54 Å². The molecular weight excluding hydrogens is 298 g/mol. The first-order valence-corrected chi connectivity index (χ1v) is 8.28. The number of urea groups is 1. The molecule has 2 rings (SSSR count). The number of nitrogens with zero attached hydrogens (tertiary/aromatic N) is 1. The number of carbonyl (C=O) groups is 1. The second-order valence-corrected chi connectivity index (χ2v) is 6.56. The van der Waals surface area contributed by atoms with Crippen molar-refractivity contribution in [3.63, 3.8) is 0 Å². The van der Waals surface area contributed by atoms with E-state index in [1.54, 1.807) is 11.3 Å². The fourth-order valence-corrected chi connectivity index (χ4v) is 3.19. The Labute approximate surface area is 135 Å². The molecule has 0 aliphatic carbocycles. The molecule has 2 atom stereocenters. The number of thiazole rings is 1. The molecular formula is C16H23N3O2S. The predicted octanol–water partition coefficient (Wildman–Crippen LogP) is 3.83. The fourth-order valence-electron chi connectivity index (χ4n) is 2.34. The molecule has 2 amide bonds. The number of hydrogen-bond donors (Lipinski definition) is 2. The summed E-state index contributed by atoms with van der Waals surface area (Å²) in [6.07, 6.45) is 0. The van der Waals surface area contributed by atoms with Gasteiger partial charge in [-0.3, -0.25) is 0 Å². The van der Waals surface area contributed by atoms with E-state index >= 15 is 0 Å². The van der Waals surface area contributed by atoms with Crippen LogP contribution in [0.1, 0.15) is 53.6 Å². The maximum absolute atomic E-state index is 12.0. The third kappa shape index (κ3) is 4.10.